The molecule has 9 heteroatoms. The molecule has 1 fully saturated rings. The molecule has 2 rings (SSSR count). The van der Waals surface area contributed by atoms with Crippen molar-refractivity contribution < 1.29 is 32.2 Å². The number of benzene rings is 1. The molecule has 0 N–H and O–H groups in total. The Hall–Kier alpha value is -2.45. The Morgan fingerprint density at radius 3 is 2.04 bits per heavy atom. The van der Waals surface area contributed by atoms with Crippen LogP contribution in [0.25, 0.3) is 0 Å². The highest BCUT2D eigenvalue weighted by atomic mass is 19.4. The van der Waals surface area contributed by atoms with Crippen molar-refractivity contribution in [2.45, 2.75) is 13.1 Å². The quantitative estimate of drug-likeness (QED) is 0.802. The summed E-state index contributed by atoms with van der Waals surface area (Å²) in [7, 11) is 0. The van der Waals surface area contributed by atoms with E-state index in [4.69, 9.17) is 9.47 Å². The van der Waals surface area contributed by atoms with Gasteiger partial charge in [-0.25, -0.2) is 0 Å². The minimum atomic E-state index is -4.89. The van der Waals surface area contributed by atoms with Crippen LogP contribution in [0.2, 0.25) is 0 Å². The molecule has 0 aliphatic carbocycles. The molecule has 0 aromatic heterocycles. The molecule has 0 saturated carbocycles. The van der Waals surface area contributed by atoms with Crippen LogP contribution >= 0.6 is 0 Å². The van der Waals surface area contributed by atoms with E-state index in [1.807, 2.05) is 6.92 Å². The van der Waals surface area contributed by atoms with Crippen LogP contribution in [0.1, 0.15) is 6.92 Å². The Morgan fingerprint density at radius 1 is 1.00 bits per heavy atom. The summed E-state index contributed by atoms with van der Waals surface area (Å²) in [5, 5.41) is 0. The molecule has 1 heterocycles. The van der Waals surface area contributed by atoms with Gasteiger partial charge in [0.1, 0.15) is 0 Å². The minimum absolute atomic E-state index is 0.0388. The summed E-state index contributed by atoms with van der Waals surface area (Å²) in [6.07, 6.45) is -4.89. The van der Waals surface area contributed by atoms with E-state index >= 15 is 0 Å². The third-order valence-corrected chi connectivity index (χ3v) is 3.66. The van der Waals surface area contributed by atoms with Crippen LogP contribution in [0.3, 0.4) is 0 Å². The highest BCUT2D eigenvalue weighted by Gasteiger charge is 2.43. The Balaban J connectivity index is 1.84. The monoisotopic (exact) mass is 360 g/mol. The number of rotatable bonds is 5. The summed E-state index contributed by atoms with van der Waals surface area (Å²) in [5.41, 5.74) is 0. The van der Waals surface area contributed by atoms with Gasteiger partial charge in [0.25, 0.3) is 5.91 Å². The number of carbonyl (C=O) groups excluding carboxylic acids is 2. The lowest BCUT2D eigenvalue weighted by molar-refractivity contribution is -0.187. The maximum absolute atomic E-state index is 12.4. The number of alkyl halides is 3. The predicted octanol–water partition coefficient (Wildman–Crippen LogP) is 1.70. The molecule has 0 spiro atoms. The van der Waals surface area contributed by atoms with Crippen molar-refractivity contribution in [1.29, 1.82) is 0 Å². The van der Waals surface area contributed by atoms with Gasteiger partial charge in [-0.05, 0) is 19.1 Å². The molecule has 1 aliphatic heterocycles. The van der Waals surface area contributed by atoms with Crippen molar-refractivity contribution in [1.82, 2.24) is 9.80 Å². The van der Waals surface area contributed by atoms with Crippen molar-refractivity contribution in [3.8, 4) is 11.5 Å². The van der Waals surface area contributed by atoms with Crippen LogP contribution in [0.5, 0.6) is 11.5 Å². The van der Waals surface area contributed by atoms with E-state index in [1.165, 1.54) is 4.90 Å². The fourth-order valence-electron chi connectivity index (χ4n) is 2.41. The number of hydrogen-bond donors (Lipinski definition) is 0. The van der Waals surface area contributed by atoms with Crippen LogP contribution < -0.4 is 9.47 Å². The maximum Gasteiger partial charge on any atom is 0.471 e. The van der Waals surface area contributed by atoms with Crippen LogP contribution in [0, 0.1) is 0 Å². The fraction of sp³-hybridized carbons (Fsp3) is 0.500. The highest BCUT2D eigenvalue weighted by Crippen LogP contribution is 2.26. The zero-order valence-electron chi connectivity index (χ0n) is 13.7. The van der Waals surface area contributed by atoms with Crippen molar-refractivity contribution in [3.63, 3.8) is 0 Å². The average molecular weight is 360 g/mol. The Kier molecular flexibility index (Phi) is 6.11. The molecule has 1 aromatic carbocycles. The first-order valence-corrected chi connectivity index (χ1v) is 7.81. The second-order valence-corrected chi connectivity index (χ2v) is 5.34. The first-order chi connectivity index (χ1) is 11.8. The van der Waals surface area contributed by atoms with Crippen molar-refractivity contribution >= 4 is 11.8 Å². The molecule has 6 nitrogen and oxygen atoms in total. The van der Waals surface area contributed by atoms with Gasteiger partial charge in [-0.3, -0.25) is 9.59 Å². The number of amides is 2. The van der Waals surface area contributed by atoms with Crippen LogP contribution in [0.15, 0.2) is 24.3 Å². The van der Waals surface area contributed by atoms with Gasteiger partial charge in [-0.15, -0.1) is 0 Å². The first-order valence-electron chi connectivity index (χ1n) is 7.81. The van der Waals surface area contributed by atoms with Crippen LogP contribution in [-0.2, 0) is 9.59 Å². The number of hydrogen-bond acceptors (Lipinski definition) is 4. The highest BCUT2D eigenvalue weighted by molar-refractivity contribution is 5.82. The van der Waals surface area contributed by atoms with E-state index in [0.29, 0.717) is 23.0 Å². The summed E-state index contributed by atoms with van der Waals surface area (Å²) in [6, 6.07) is 6.89. The lowest BCUT2D eigenvalue weighted by Crippen LogP contribution is -2.54. The van der Waals surface area contributed by atoms with E-state index in [9.17, 15) is 22.8 Å². The van der Waals surface area contributed by atoms with Gasteiger partial charge < -0.3 is 19.3 Å². The normalized spacial score (nSPS) is 15.0. The number of piperazine rings is 1. The molecule has 0 radical (unpaired) electrons. The molecule has 0 atom stereocenters. The molecule has 1 aliphatic rings. The molecular formula is C16H19F3N2O4. The van der Waals surface area contributed by atoms with E-state index in [0.717, 1.165) is 0 Å². The average Bonchev–Trinajstić information content (AvgIpc) is 2.59. The second-order valence-electron chi connectivity index (χ2n) is 5.34. The summed E-state index contributed by atoms with van der Waals surface area (Å²) < 4.78 is 48.0. The first kappa shape index (κ1) is 18.9. The van der Waals surface area contributed by atoms with Crippen molar-refractivity contribution in [2.75, 3.05) is 39.4 Å². The van der Waals surface area contributed by atoms with Gasteiger partial charge >= 0.3 is 12.1 Å². The summed E-state index contributed by atoms with van der Waals surface area (Å²) in [5.74, 6) is -1.30. The zero-order valence-corrected chi connectivity index (χ0v) is 13.7. The lowest BCUT2D eigenvalue weighted by Gasteiger charge is -2.34. The molecule has 138 valence electrons. The third-order valence-electron chi connectivity index (χ3n) is 3.66. The van der Waals surface area contributed by atoms with E-state index in [2.05, 4.69) is 0 Å². The summed E-state index contributed by atoms with van der Waals surface area (Å²) in [6.45, 7) is 1.79. The molecule has 0 bridgehead atoms. The smallest absolute Gasteiger partial charge is 0.471 e. The molecule has 1 saturated heterocycles. The van der Waals surface area contributed by atoms with E-state index < -0.39 is 12.1 Å². The fourth-order valence-corrected chi connectivity index (χ4v) is 2.41. The third kappa shape index (κ3) is 5.01. The SMILES string of the molecule is CCOc1ccccc1OCC(=O)N1CCN(C(=O)C(F)(F)F)CC1. The number of carbonyl (C=O) groups is 2. The molecule has 0 unspecified atom stereocenters. The van der Waals surface area contributed by atoms with E-state index in [-0.39, 0.29) is 38.7 Å². The van der Waals surface area contributed by atoms with Gasteiger partial charge in [0.15, 0.2) is 18.1 Å². The topological polar surface area (TPSA) is 59.1 Å². The number of halogens is 3. The van der Waals surface area contributed by atoms with Gasteiger partial charge in [0.2, 0.25) is 0 Å². The maximum atomic E-state index is 12.4. The van der Waals surface area contributed by atoms with Crippen LogP contribution in [0.4, 0.5) is 13.2 Å². The standard InChI is InChI=1S/C16H19F3N2O4/c1-2-24-12-5-3-4-6-13(12)25-11-14(22)20-7-9-21(10-8-20)15(23)16(17,18)19/h3-6H,2,7-11H2,1H3. The van der Waals surface area contributed by atoms with Gasteiger partial charge in [0, 0.05) is 26.2 Å². The minimum Gasteiger partial charge on any atom is -0.490 e. The Bertz CT molecular complexity index is 614. The summed E-state index contributed by atoms with van der Waals surface area (Å²) in [4.78, 5) is 25.4. The molecule has 2 amide bonds. The number of ether oxygens (including phenoxy) is 2. The number of para-hydroxylation sites is 2. The molecule has 1 aromatic rings. The van der Waals surface area contributed by atoms with Gasteiger partial charge in [-0.2, -0.15) is 13.2 Å². The van der Waals surface area contributed by atoms with Crippen molar-refractivity contribution in [3.05, 3.63) is 24.3 Å². The predicted molar refractivity (Wildman–Crippen MR) is 82.3 cm³/mol. The van der Waals surface area contributed by atoms with E-state index in [1.54, 1.807) is 24.3 Å². The number of nitrogens with zero attached hydrogens (tertiary/aromatic N) is 2. The Labute approximate surface area is 143 Å². The molecule has 25 heavy (non-hydrogen) atoms. The largest absolute Gasteiger partial charge is 0.490 e. The van der Waals surface area contributed by atoms with Gasteiger partial charge in [0.05, 0.1) is 6.61 Å². The lowest BCUT2D eigenvalue weighted by atomic mass is 10.3. The zero-order chi connectivity index (χ0) is 18.4. The van der Waals surface area contributed by atoms with Crippen LogP contribution in [-0.4, -0.2) is 67.2 Å². The van der Waals surface area contributed by atoms with Gasteiger partial charge in [-0.1, -0.05) is 12.1 Å². The van der Waals surface area contributed by atoms with Crippen molar-refractivity contribution in [2.24, 2.45) is 0 Å². The molecular weight excluding hydrogens is 341 g/mol. The Morgan fingerprint density at radius 2 is 1.52 bits per heavy atom. The second kappa shape index (κ2) is 8.09. The summed E-state index contributed by atoms with van der Waals surface area (Å²) >= 11 is 0.